The van der Waals surface area contributed by atoms with Gasteiger partial charge in [-0.15, -0.1) is 0 Å². The number of nitrogens with zero attached hydrogens (tertiary/aromatic N) is 2. The molecule has 2 aromatic carbocycles. The monoisotopic (exact) mass is 306 g/mol. The fourth-order valence-electron chi connectivity index (χ4n) is 2.08. The molecule has 6 nitrogen and oxygen atoms in total. The van der Waals surface area contributed by atoms with Crippen LogP contribution < -0.4 is 10.6 Å². The van der Waals surface area contributed by atoms with Gasteiger partial charge in [-0.3, -0.25) is 10.1 Å². The summed E-state index contributed by atoms with van der Waals surface area (Å²) < 4.78 is 0. The van der Waals surface area contributed by atoms with Crippen molar-refractivity contribution in [1.82, 2.24) is 4.98 Å². The van der Waals surface area contributed by atoms with E-state index in [1.807, 2.05) is 54.6 Å². The molecule has 0 fully saturated rings. The summed E-state index contributed by atoms with van der Waals surface area (Å²) in [7, 11) is 0. The van der Waals surface area contributed by atoms with Crippen molar-refractivity contribution in [2.24, 2.45) is 0 Å². The van der Waals surface area contributed by atoms with Crippen LogP contribution in [0.4, 0.5) is 28.6 Å². The molecule has 0 aliphatic rings. The molecule has 0 radical (unpaired) electrons. The predicted molar refractivity (Wildman–Crippen MR) is 90.3 cm³/mol. The molecule has 0 atom stereocenters. The van der Waals surface area contributed by atoms with E-state index in [9.17, 15) is 10.1 Å². The zero-order chi connectivity index (χ0) is 16.1. The normalized spacial score (nSPS) is 10.1. The Labute approximate surface area is 133 Å². The lowest BCUT2D eigenvalue weighted by Crippen LogP contribution is -1.96. The Morgan fingerprint density at radius 2 is 1.52 bits per heavy atom. The summed E-state index contributed by atoms with van der Waals surface area (Å²) in [5.41, 5.74) is 2.74. The van der Waals surface area contributed by atoms with Crippen molar-refractivity contribution in [2.45, 2.75) is 0 Å². The Kier molecular flexibility index (Phi) is 4.15. The van der Waals surface area contributed by atoms with Crippen LogP contribution in [0.15, 0.2) is 72.9 Å². The van der Waals surface area contributed by atoms with Gasteiger partial charge < -0.3 is 10.6 Å². The van der Waals surface area contributed by atoms with Crippen LogP contribution in [-0.2, 0) is 0 Å². The Balaban J connectivity index is 1.73. The minimum atomic E-state index is -0.471. The third-order valence-corrected chi connectivity index (χ3v) is 3.16. The molecule has 0 saturated carbocycles. The van der Waals surface area contributed by atoms with Gasteiger partial charge in [0.2, 0.25) is 0 Å². The van der Waals surface area contributed by atoms with E-state index in [1.54, 1.807) is 6.07 Å². The lowest BCUT2D eigenvalue weighted by atomic mass is 10.2. The number of pyridine rings is 1. The molecule has 0 spiro atoms. The molecule has 0 saturated heterocycles. The number of aromatic nitrogens is 1. The number of hydrogen-bond donors (Lipinski definition) is 2. The lowest BCUT2D eigenvalue weighted by Gasteiger charge is -2.09. The van der Waals surface area contributed by atoms with E-state index in [-0.39, 0.29) is 5.69 Å². The number of para-hydroxylation sites is 1. The summed E-state index contributed by atoms with van der Waals surface area (Å²) in [6, 6.07) is 20.6. The van der Waals surface area contributed by atoms with Gasteiger partial charge >= 0.3 is 0 Å². The molecule has 1 heterocycles. The minimum absolute atomic E-state index is 0.0324. The fraction of sp³-hybridized carbons (Fsp3) is 0. The van der Waals surface area contributed by atoms with Crippen molar-refractivity contribution in [2.75, 3.05) is 10.6 Å². The van der Waals surface area contributed by atoms with E-state index in [4.69, 9.17) is 0 Å². The van der Waals surface area contributed by atoms with Gasteiger partial charge in [0.25, 0.3) is 5.69 Å². The van der Waals surface area contributed by atoms with Gasteiger partial charge in [-0.1, -0.05) is 24.3 Å². The quantitative estimate of drug-likeness (QED) is 0.536. The summed E-state index contributed by atoms with van der Waals surface area (Å²) in [6.45, 7) is 0. The molecule has 114 valence electrons. The third kappa shape index (κ3) is 3.82. The number of nitrogens with one attached hydrogen (secondary N) is 2. The number of rotatable bonds is 5. The van der Waals surface area contributed by atoms with Crippen LogP contribution in [0.5, 0.6) is 0 Å². The molecular formula is C17H14N4O2. The van der Waals surface area contributed by atoms with Crippen LogP contribution in [0.3, 0.4) is 0 Å². The highest BCUT2D eigenvalue weighted by Gasteiger charge is 2.05. The highest BCUT2D eigenvalue weighted by atomic mass is 16.6. The third-order valence-electron chi connectivity index (χ3n) is 3.16. The Morgan fingerprint density at radius 3 is 2.17 bits per heavy atom. The number of anilines is 4. The van der Waals surface area contributed by atoms with Gasteiger partial charge in [-0.2, -0.15) is 0 Å². The molecular weight excluding hydrogens is 292 g/mol. The topological polar surface area (TPSA) is 80.1 Å². The Morgan fingerprint density at radius 1 is 0.826 bits per heavy atom. The molecule has 0 aliphatic carbocycles. The maximum atomic E-state index is 10.6. The summed E-state index contributed by atoms with van der Waals surface area (Å²) in [5.74, 6) is 0.549. The smallest absolute Gasteiger partial charge is 0.287 e. The predicted octanol–water partition coefficient (Wildman–Crippen LogP) is 4.48. The maximum absolute atomic E-state index is 10.6. The van der Waals surface area contributed by atoms with E-state index in [1.165, 1.54) is 12.3 Å². The Bertz CT molecular complexity index is 804. The molecule has 0 unspecified atom stereocenters. The first-order valence-corrected chi connectivity index (χ1v) is 7.00. The van der Waals surface area contributed by atoms with E-state index in [0.717, 1.165) is 17.1 Å². The van der Waals surface area contributed by atoms with Crippen LogP contribution in [0.2, 0.25) is 0 Å². The van der Waals surface area contributed by atoms with Crippen LogP contribution in [0.25, 0.3) is 0 Å². The second-order valence-corrected chi connectivity index (χ2v) is 4.86. The molecule has 0 bridgehead atoms. The zero-order valence-electron chi connectivity index (χ0n) is 12.1. The van der Waals surface area contributed by atoms with E-state index in [2.05, 4.69) is 15.6 Å². The SMILES string of the molecule is O=[N+]([O-])c1ccc(Nc2cccc(Nc3ccccc3)c2)nc1. The van der Waals surface area contributed by atoms with Crippen molar-refractivity contribution in [3.63, 3.8) is 0 Å². The first-order chi connectivity index (χ1) is 11.2. The second-order valence-electron chi connectivity index (χ2n) is 4.86. The fourth-order valence-corrected chi connectivity index (χ4v) is 2.08. The van der Waals surface area contributed by atoms with Crippen LogP contribution in [0, 0.1) is 10.1 Å². The summed E-state index contributed by atoms with van der Waals surface area (Å²) in [5, 5.41) is 17.1. The number of nitro groups is 1. The lowest BCUT2D eigenvalue weighted by molar-refractivity contribution is -0.385. The molecule has 0 amide bonds. The Hall–Kier alpha value is -3.41. The van der Waals surface area contributed by atoms with E-state index < -0.39 is 4.92 Å². The van der Waals surface area contributed by atoms with Gasteiger partial charge in [0.1, 0.15) is 12.0 Å². The largest absolute Gasteiger partial charge is 0.355 e. The first kappa shape index (κ1) is 14.5. The highest BCUT2D eigenvalue weighted by molar-refractivity contribution is 5.67. The van der Waals surface area contributed by atoms with Crippen molar-refractivity contribution in [3.8, 4) is 0 Å². The van der Waals surface area contributed by atoms with Gasteiger partial charge in [0.15, 0.2) is 0 Å². The molecule has 23 heavy (non-hydrogen) atoms. The van der Waals surface area contributed by atoms with Crippen LogP contribution in [-0.4, -0.2) is 9.91 Å². The van der Waals surface area contributed by atoms with Crippen molar-refractivity contribution in [3.05, 3.63) is 83.0 Å². The van der Waals surface area contributed by atoms with Crippen molar-refractivity contribution >= 4 is 28.6 Å². The molecule has 2 N–H and O–H groups in total. The van der Waals surface area contributed by atoms with E-state index in [0.29, 0.717) is 5.82 Å². The van der Waals surface area contributed by atoms with E-state index >= 15 is 0 Å². The average molecular weight is 306 g/mol. The van der Waals surface area contributed by atoms with Gasteiger partial charge in [-0.05, 0) is 36.4 Å². The minimum Gasteiger partial charge on any atom is -0.355 e. The molecule has 1 aromatic heterocycles. The maximum Gasteiger partial charge on any atom is 0.287 e. The number of hydrogen-bond acceptors (Lipinski definition) is 5. The van der Waals surface area contributed by atoms with Gasteiger partial charge in [0.05, 0.1) is 4.92 Å². The molecule has 0 aliphatic heterocycles. The standard InChI is InChI=1S/C17H14N4O2/c22-21(23)16-9-10-17(18-12-16)20-15-8-4-7-14(11-15)19-13-5-2-1-3-6-13/h1-12,19H,(H,18,20). The van der Waals surface area contributed by atoms with Crippen LogP contribution in [0.1, 0.15) is 0 Å². The van der Waals surface area contributed by atoms with Crippen molar-refractivity contribution in [1.29, 1.82) is 0 Å². The highest BCUT2D eigenvalue weighted by Crippen LogP contribution is 2.22. The zero-order valence-corrected chi connectivity index (χ0v) is 12.1. The number of benzene rings is 2. The second kappa shape index (κ2) is 6.57. The first-order valence-electron chi connectivity index (χ1n) is 7.00. The summed E-state index contributed by atoms with van der Waals surface area (Å²) in [4.78, 5) is 14.2. The molecule has 3 rings (SSSR count). The van der Waals surface area contributed by atoms with Crippen molar-refractivity contribution < 1.29 is 4.92 Å². The van der Waals surface area contributed by atoms with Gasteiger partial charge in [-0.25, -0.2) is 4.98 Å². The van der Waals surface area contributed by atoms with Gasteiger partial charge in [0, 0.05) is 23.1 Å². The molecule has 3 aromatic rings. The molecule has 6 heteroatoms. The summed E-state index contributed by atoms with van der Waals surface area (Å²) >= 11 is 0. The summed E-state index contributed by atoms with van der Waals surface area (Å²) in [6.07, 6.45) is 1.23. The average Bonchev–Trinajstić information content (AvgIpc) is 2.57. The van der Waals surface area contributed by atoms with Crippen LogP contribution >= 0.6 is 0 Å².